The van der Waals surface area contributed by atoms with Gasteiger partial charge in [-0.1, -0.05) is 0 Å². The van der Waals surface area contributed by atoms with Gasteiger partial charge in [0.15, 0.2) is 5.82 Å². The van der Waals surface area contributed by atoms with Crippen molar-refractivity contribution in [3.8, 4) is 0 Å². The zero-order chi connectivity index (χ0) is 13.9. The van der Waals surface area contributed by atoms with Gasteiger partial charge >= 0.3 is 0 Å². The van der Waals surface area contributed by atoms with Crippen molar-refractivity contribution in [2.24, 2.45) is 5.41 Å². The van der Waals surface area contributed by atoms with Crippen LogP contribution in [0, 0.1) is 5.41 Å². The summed E-state index contributed by atoms with van der Waals surface area (Å²) in [5, 5.41) is 2.95. The molecule has 1 aliphatic rings. The second kappa shape index (κ2) is 5.78. The summed E-state index contributed by atoms with van der Waals surface area (Å²) >= 11 is 5.83. The summed E-state index contributed by atoms with van der Waals surface area (Å²) in [6, 6.07) is 3.73. The van der Waals surface area contributed by atoms with Crippen LogP contribution < -0.4 is 10.2 Å². The fourth-order valence-corrected chi connectivity index (χ4v) is 2.15. The highest BCUT2D eigenvalue weighted by Crippen LogP contribution is 2.28. The Bertz CT molecular complexity index is 456. The van der Waals surface area contributed by atoms with Crippen molar-refractivity contribution < 1.29 is 4.79 Å². The number of hydrogen-bond acceptors (Lipinski definition) is 3. The lowest BCUT2D eigenvalue weighted by Gasteiger charge is -2.24. The predicted octanol–water partition coefficient (Wildman–Crippen LogP) is 2.89. The van der Waals surface area contributed by atoms with Gasteiger partial charge in [-0.25, -0.2) is 4.98 Å². The van der Waals surface area contributed by atoms with Gasteiger partial charge in [0.05, 0.1) is 11.1 Å². The number of amides is 1. The molecule has 4 nitrogen and oxygen atoms in total. The van der Waals surface area contributed by atoms with E-state index >= 15 is 0 Å². The Hall–Kier alpha value is -1.29. The maximum absolute atomic E-state index is 12.2. The van der Waals surface area contributed by atoms with Crippen LogP contribution in [0.25, 0.3) is 0 Å². The molecule has 0 radical (unpaired) electrons. The van der Waals surface area contributed by atoms with E-state index in [9.17, 15) is 4.79 Å². The number of carbonyl (C=O) groups is 1. The van der Waals surface area contributed by atoms with Gasteiger partial charge in [-0.05, 0) is 38.8 Å². The van der Waals surface area contributed by atoms with Gasteiger partial charge in [-0.3, -0.25) is 4.79 Å². The smallest absolute Gasteiger partial charge is 0.231 e. The van der Waals surface area contributed by atoms with Crippen LogP contribution in [0.1, 0.15) is 26.7 Å². The minimum Gasteiger partial charge on any atom is -0.355 e. The van der Waals surface area contributed by atoms with Crippen LogP contribution >= 0.6 is 11.6 Å². The molecule has 1 fully saturated rings. The molecule has 5 heteroatoms. The standard InChI is InChI=1S/C14H20ClN3O/c1-14(2,10-15)13(19)17-11-6-5-7-16-12(11)18-8-3-4-9-18/h5-7H,3-4,8-10H2,1-2H3,(H,17,19). The van der Waals surface area contributed by atoms with Crippen LogP contribution in [0.4, 0.5) is 11.5 Å². The van der Waals surface area contributed by atoms with Gasteiger partial charge in [-0.2, -0.15) is 0 Å². The van der Waals surface area contributed by atoms with Crippen LogP contribution in [0.3, 0.4) is 0 Å². The van der Waals surface area contributed by atoms with Crippen LogP contribution in [0.2, 0.25) is 0 Å². The second-order valence-corrected chi connectivity index (χ2v) is 5.81. The van der Waals surface area contributed by atoms with E-state index in [-0.39, 0.29) is 11.8 Å². The molecule has 0 unspecified atom stereocenters. The van der Waals surface area contributed by atoms with Gasteiger partial charge in [0.1, 0.15) is 0 Å². The molecule has 1 aromatic heterocycles. The summed E-state index contributed by atoms with van der Waals surface area (Å²) in [5.41, 5.74) is 0.187. The molecular weight excluding hydrogens is 262 g/mol. The Morgan fingerprint density at radius 2 is 2.16 bits per heavy atom. The van der Waals surface area contributed by atoms with E-state index in [1.54, 1.807) is 6.20 Å². The number of rotatable bonds is 4. The Labute approximate surface area is 119 Å². The SMILES string of the molecule is CC(C)(CCl)C(=O)Nc1cccnc1N1CCCC1. The van der Waals surface area contributed by atoms with Crippen molar-refractivity contribution in [2.75, 3.05) is 29.2 Å². The van der Waals surface area contributed by atoms with E-state index in [2.05, 4.69) is 15.2 Å². The lowest BCUT2D eigenvalue weighted by atomic mass is 9.95. The van der Waals surface area contributed by atoms with E-state index in [0.717, 1.165) is 24.6 Å². The lowest BCUT2D eigenvalue weighted by Crippen LogP contribution is -2.33. The van der Waals surface area contributed by atoms with E-state index in [1.165, 1.54) is 12.8 Å². The average Bonchev–Trinajstić information content (AvgIpc) is 2.93. The molecule has 19 heavy (non-hydrogen) atoms. The van der Waals surface area contributed by atoms with Gasteiger partial charge < -0.3 is 10.2 Å². The molecule has 1 saturated heterocycles. The molecule has 1 amide bonds. The molecule has 0 spiro atoms. The van der Waals surface area contributed by atoms with Crippen molar-refractivity contribution in [3.05, 3.63) is 18.3 Å². The van der Waals surface area contributed by atoms with Gasteiger partial charge in [-0.15, -0.1) is 11.6 Å². The highest BCUT2D eigenvalue weighted by molar-refractivity contribution is 6.20. The quantitative estimate of drug-likeness (QED) is 0.863. The Balaban J connectivity index is 2.18. The number of nitrogens with zero attached hydrogens (tertiary/aromatic N) is 2. The van der Waals surface area contributed by atoms with Gasteiger partial charge in [0, 0.05) is 25.2 Å². The van der Waals surface area contributed by atoms with Crippen molar-refractivity contribution in [1.29, 1.82) is 0 Å². The maximum Gasteiger partial charge on any atom is 0.231 e. The first-order valence-corrected chi connectivity index (χ1v) is 7.15. The first-order chi connectivity index (χ1) is 9.04. The number of alkyl halides is 1. The fraction of sp³-hybridized carbons (Fsp3) is 0.571. The molecule has 0 saturated carbocycles. The summed E-state index contributed by atoms with van der Waals surface area (Å²) in [4.78, 5) is 18.8. The number of carbonyl (C=O) groups excluding carboxylic acids is 1. The molecule has 1 N–H and O–H groups in total. The molecule has 0 atom stereocenters. The van der Waals surface area contributed by atoms with Crippen molar-refractivity contribution in [2.45, 2.75) is 26.7 Å². The Morgan fingerprint density at radius 3 is 2.79 bits per heavy atom. The molecule has 104 valence electrons. The van der Waals surface area contributed by atoms with Crippen LogP contribution in [-0.4, -0.2) is 29.9 Å². The van der Waals surface area contributed by atoms with Gasteiger partial charge in [0.25, 0.3) is 0 Å². The molecule has 2 rings (SSSR count). The number of aromatic nitrogens is 1. The van der Waals surface area contributed by atoms with E-state index < -0.39 is 5.41 Å². The monoisotopic (exact) mass is 281 g/mol. The van der Waals surface area contributed by atoms with Crippen molar-refractivity contribution >= 4 is 29.0 Å². The van der Waals surface area contributed by atoms with Crippen LogP contribution in [-0.2, 0) is 4.79 Å². The largest absolute Gasteiger partial charge is 0.355 e. The summed E-state index contributed by atoms with van der Waals surface area (Å²) in [6.07, 6.45) is 4.12. The van der Waals surface area contributed by atoms with Crippen LogP contribution in [0.15, 0.2) is 18.3 Å². The molecule has 0 bridgehead atoms. The Morgan fingerprint density at radius 1 is 1.47 bits per heavy atom. The number of pyridine rings is 1. The third-order valence-electron chi connectivity index (χ3n) is 3.39. The molecule has 0 aromatic carbocycles. The highest BCUT2D eigenvalue weighted by Gasteiger charge is 2.28. The second-order valence-electron chi connectivity index (χ2n) is 5.54. The number of nitrogens with one attached hydrogen (secondary N) is 1. The first kappa shape index (κ1) is 14.1. The maximum atomic E-state index is 12.2. The van der Waals surface area contributed by atoms with E-state index in [4.69, 9.17) is 11.6 Å². The van der Waals surface area contributed by atoms with Crippen molar-refractivity contribution in [1.82, 2.24) is 4.98 Å². The van der Waals surface area contributed by atoms with E-state index in [0.29, 0.717) is 0 Å². The summed E-state index contributed by atoms with van der Waals surface area (Å²) in [7, 11) is 0. The normalized spacial score (nSPS) is 15.6. The minimum absolute atomic E-state index is 0.0732. The van der Waals surface area contributed by atoms with Gasteiger partial charge in [0.2, 0.25) is 5.91 Å². The predicted molar refractivity (Wildman–Crippen MR) is 78.8 cm³/mol. The molecule has 1 aliphatic heterocycles. The summed E-state index contributed by atoms with van der Waals surface area (Å²) in [5.74, 6) is 1.08. The number of anilines is 2. The average molecular weight is 282 g/mol. The molecule has 2 heterocycles. The first-order valence-electron chi connectivity index (χ1n) is 6.62. The minimum atomic E-state index is -0.584. The van der Waals surface area contributed by atoms with Crippen LogP contribution in [0.5, 0.6) is 0 Å². The van der Waals surface area contributed by atoms with E-state index in [1.807, 2.05) is 26.0 Å². The topological polar surface area (TPSA) is 45.2 Å². The Kier molecular flexibility index (Phi) is 4.30. The highest BCUT2D eigenvalue weighted by atomic mass is 35.5. The molecule has 1 aromatic rings. The number of halogens is 1. The molecular formula is C14H20ClN3O. The third kappa shape index (κ3) is 3.18. The lowest BCUT2D eigenvalue weighted by molar-refractivity contribution is -0.122. The van der Waals surface area contributed by atoms with Crippen molar-refractivity contribution in [3.63, 3.8) is 0 Å². The number of hydrogen-bond donors (Lipinski definition) is 1. The fourth-order valence-electron chi connectivity index (χ4n) is 2.03. The summed E-state index contributed by atoms with van der Waals surface area (Å²) in [6.45, 7) is 5.67. The summed E-state index contributed by atoms with van der Waals surface area (Å²) < 4.78 is 0. The zero-order valence-electron chi connectivity index (χ0n) is 11.4. The third-order valence-corrected chi connectivity index (χ3v) is 4.06. The zero-order valence-corrected chi connectivity index (χ0v) is 12.2. The molecule has 0 aliphatic carbocycles.